The minimum Gasteiger partial charge on any atom is -0.368 e. The lowest BCUT2D eigenvalue weighted by Gasteiger charge is -2.36. The summed E-state index contributed by atoms with van der Waals surface area (Å²) >= 11 is 0. The van der Waals surface area contributed by atoms with Crippen LogP contribution >= 0.6 is 0 Å². The van der Waals surface area contributed by atoms with Gasteiger partial charge in [-0.15, -0.1) is 0 Å². The molecule has 2 aromatic heterocycles. The van der Waals surface area contributed by atoms with Crippen molar-refractivity contribution in [3.05, 3.63) is 54.9 Å². The van der Waals surface area contributed by atoms with Gasteiger partial charge in [0.15, 0.2) is 5.82 Å². The molecule has 1 saturated heterocycles. The highest BCUT2D eigenvalue weighted by molar-refractivity contribution is 5.51. The molecule has 4 rings (SSSR count). The number of nitrogens with zero attached hydrogens (tertiary/aromatic N) is 7. The van der Waals surface area contributed by atoms with E-state index in [0.717, 1.165) is 37.8 Å². The molecule has 0 atom stereocenters. The number of hydrogen-bond donors (Lipinski definition) is 0. The topological polar surface area (TPSA) is 63.0 Å². The Kier molecular flexibility index (Phi) is 3.82. The molecule has 0 radical (unpaired) electrons. The molecule has 3 aromatic rings. The third-order valence-corrected chi connectivity index (χ3v) is 4.26. The Bertz CT molecular complexity index is 807. The molecule has 0 amide bonds. The molecule has 122 valence electrons. The van der Waals surface area contributed by atoms with Gasteiger partial charge < -0.3 is 9.80 Å². The molecule has 24 heavy (non-hydrogen) atoms. The summed E-state index contributed by atoms with van der Waals surface area (Å²) in [7, 11) is 0. The van der Waals surface area contributed by atoms with Gasteiger partial charge in [0.05, 0.1) is 0 Å². The Morgan fingerprint density at radius 1 is 0.875 bits per heavy atom. The van der Waals surface area contributed by atoms with Crippen LogP contribution in [0.1, 0.15) is 5.56 Å². The second-order valence-electron chi connectivity index (χ2n) is 5.89. The van der Waals surface area contributed by atoms with E-state index < -0.39 is 0 Å². The molecule has 0 unspecified atom stereocenters. The first-order chi connectivity index (χ1) is 11.8. The molecule has 1 aromatic carbocycles. The average Bonchev–Trinajstić information content (AvgIpc) is 3.17. The standard InChI is InChI=1S/C17H19N7/c1-14-3-2-4-15(9-14)22-5-7-23(8-6-22)16-10-17(20-12-19-16)24-13-18-11-21-24/h2-4,9-13H,5-8H2,1H3. The van der Waals surface area contributed by atoms with Gasteiger partial charge >= 0.3 is 0 Å². The zero-order valence-electron chi connectivity index (χ0n) is 13.6. The van der Waals surface area contributed by atoms with Crippen LogP contribution in [0, 0.1) is 6.92 Å². The van der Waals surface area contributed by atoms with E-state index in [0.29, 0.717) is 0 Å². The lowest BCUT2D eigenvalue weighted by Crippen LogP contribution is -2.46. The Labute approximate surface area is 140 Å². The third kappa shape index (κ3) is 2.92. The SMILES string of the molecule is Cc1cccc(N2CCN(c3cc(-n4cncn4)ncn3)CC2)c1. The Morgan fingerprint density at radius 2 is 1.67 bits per heavy atom. The summed E-state index contributed by atoms with van der Waals surface area (Å²) in [4.78, 5) is 17.3. The normalized spacial score (nSPS) is 14.9. The highest BCUT2D eigenvalue weighted by Gasteiger charge is 2.19. The van der Waals surface area contributed by atoms with E-state index in [9.17, 15) is 0 Å². The largest absolute Gasteiger partial charge is 0.368 e. The first-order valence-corrected chi connectivity index (χ1v) is 8.03. The van der Waals surface area contributed by atoms with Crippen molar-refractivity contribution in [1.82, 2.24) is 24.7 Å². The van der Waals surface area contributed by atoms with E-state index in [2.05, 4.69) is 61.0 Å². The summed E-state index contributed by atoms with van der Waals surface area (Å²) in [6.07, 6.45) is 4.73. The van der Waals surface area contributed by atoms with Gasteiger partial charge in [-0.3, -0.25) is 0 Å². The molecule has 0 N–H and O–H groups in total. The van der Waals surface area contributed by atoms with Gasteiger partial charge in [0.1, 0.15) is 24.8 Å². The van der Waals surface area contributed by atoms with E-state index in [1.165, 1.54) is 17.6 Å². The van der Waals surface area contributed by atoms with Crippen molar-refractivity contribution in [2.45, 2.75) is 6.92 Å². The third-order valence-electron chi connectivity index (χ3n) is 4.26. The van der Waals surface area contributed by atoms with E-state index in [1.54, 1.807) is 17.3 Å². The maximum absolute atomic E-state index is 4.42. The molecule has 1 aliphatic heterocycles. The summed E-state index contributed by atoms with van der Waals surface area (Å²) in [6.45, 7) is 5.95. The molecule has 0 aliphatic carbocycles. The van der Waals surface area contributed by atoms with Crippen LogP contribution in [0.25, 0.3) is 5.82 Å². The lowest BCUT2D eigenvalue weighted by atomic mass is 10.2. The fraction of sp³-hybridized carbons (Fsp3) is 0.294. The van der Waals surface area contributed by atoms with Crippen molar-refractivity contribution in [3.63, 3.8) is 0 Å². The smallest absolute Gasteiger partial charge is 0.160 e. The second-order valence-corrected chi connectivity index (χ2v) is 5.89. The first-order valence-electron chi connectivity index (χ1n) is 8.03. The van der Waals surface area contributed by atoms with Crippen LogP contribution in [0.2, 0.25) is 0 Å². The molecule has 1 aliphatic rings. The van der Waals surface area contributed by atoms with Crippen molar-refractivity contribution in [3.8, 4) is 5.82 Å². The fourth-order valence-electron chi connectivity index (χ4n) is 2.98. The zero-order valence-corrected chi connectivity index (χ0v) is 13.6. The molecule has 0 spiro atoms. The van der Waals surface area contributed by atoms with Gasteiger partial charge in [0, 0.05) is 37.9 Å². The number of piperazine rings is 1. The minimum atomic E-state index is 0.735. The van der Waals surface area contributed by atoms with Gasteiger partial charge in [-0.1, -0.05) is 12.1 Å². The number of hydrogen-bond acceptors (Lipinski definition) is 6. The Morgan fingerprint density at radius 3 is 2.42 bits per heavy atom. The molecular weight excluding hydrogens is 302 g/mol. The number of rotatable bonds is 3. The van der Waals surface area contributed by atoms with E-state index >= 15 is 0 Å². The van der Waals surface area contributed by atoms with Crippen LogP contribution in [0.15, 0.2) is 49.3 Å². The first kappa shape index (κ1) is 14.6. The van der Waals surface area contributed by atoms with Gasteiger partial charge in [-0.25, -0.2) is 19.6 Å². The van der Waals surface area contributed by atoms with Crippen LogP contribution in [0.4, 0.5) is 11.5 Å². The minimum absolute atomic E-state index is 0.735. The van der Waals surface area contributed by atoms with Crippen molar-refractivity contribution in [1.29, 1.82) is 0 Å². The fourth-order valence-corrected chi connectivity index (χ4v) is 2.98. The zero-order chi connectivity index (χ0) is 16.4. The summed E-state index contributed by atoms with van der Waals surface area (Å²) in [5, 5.41) is 4.12. The molecule has 0 saturated carbocycles. The van der Waals surface area contributed by atoms with Crippen molar-refractivity contribution in [2.75, 3.05) is 36.0 Å². The van der Waals surface area contributed by atoms with Crippen LogP contribution < -0.4 is 9.80 Å². The lowest BCUT2D eigenvalue weighted by molar-refractivity contribution is 0.645. The number of aromatic nitrogens is 5. The van der Waals surface area contributed by atoms with Crippen LogP contribution in [0.3, 0.4) is 0 Å². The summed E-state index contributed by atoms with van der Waals surface area (Å²) in [5.41, 5.74) is 2.59. The maximum atomic E-state index is 4.42. The van der Waals surface area contributed by atoms with Gasteiger partial charge in [0.2, 0.25) is 0 Å². The van der Waals surface area contributed by atoms with Crippen LogP contribution in [-0.4, -0.2) is 50.9 Å². The Balaban J connectivity index is 1.47. The quantitative estimate of drug-likeness (QED) is 0.731. The van der Waals surface area contributed by atoms with Gasteiger partial charge in [-0.05, 0) is 24.6 Å². The monoisotopic (exact) mass is 321 g/mol. The van der Waals surface area contributed by atoms with Gasteiger partial charge in [-0.2, -0.15) is 5.10 Å². The predicted octanol–water partition coefficient (Wildman–Crippen LogP) is 1.69. The average molecular weight is 321 g/mol. The molecule has 3 heterocycles. The highest BCUT2D eigenvalue weighted by Crippen LogP contribution is 2.20. The van der Waals surface area contributed by atoms with E-state index in [4.69, 9.17) is 0 Å². The number of benzene rings is 1. The van der Waals surface area contributed by atoms with E-state index in [-0.39, 0.29) is 0 Å². The van der Waals surface area contributed by atoms with Crippen molar-refractivity contribution in [2.24, 2.45) is 0 Å². The Hall–Kier alpha value is -2.96. The molecule has 1 fully saturated rings. The van der Waals surface area contributed by atoms with Gasteiger partial charge in [0.25, 0.3) is 0 Å². The number of anilines is 2. The maximum Gasteiger partial charge on any atom is 0.160 e. The summed E-state index contributed by atoms with van der Waals surface area (Å²) < 4.78 is 1.65. The van der Waals surface area contributed by atoms with Crippen molar-refractivity contribution >= 4 is 11.5 Å². The van der Waals surface area contributed by atoms with Crippen molar-refractivity contribution < 1.29 is 0 Å². The second kappa shape index (κ2) is 6.27. The molecule has 0 bridgehead atoms. The summed E-state index contributed by atoms with van der Waals surface area (Å²) in [6, 6.07) is 10.6. The molecular formula is C17H19N7. The number of aryl methyl sites for hydroxylation is 1. The molecule has 7 nitrogen and oxygen atoms in total. The highest BCUT2D eigenvalue weighted by atomic mass is 15.4. The van der Waals surface area contributed by atoms with Crippen LogP contribution in [0.5, 0.6) is 0 Å². The van der Waals surface area contributed by atoms with E-state index in [1.807, 2.05) is 6.07 Å². The predicted molar refractivity (Wildman–Crippen MR) is 92.6 cm³/mol. The summed E-state index contributed by atoms with van der Waals surface area (Å²) in [5.74, 6) is 1.66. The van der Waals surface area contributed by atoms with Crippen LogP contribution in [-0.2, 0) is 0 Å². The molecule has 7 heteroatoms.